The zero-order valence-corrected chi connectivity index (χ0v) is 8.21. The van der Waals surface area contributed by atoms with Crippen LogP contribution in [0.25, 0.3) is 0 Å². The van der Waals surface area contributed by atoms with Crippen molar-refractivity contribution in [3.63, 3.8) is 0 Å². The Morgan fingerprint density at radius 1 is 1.36 bits per heavy atom. The van der Waals surface area contributed by atoms with E-state index >= 15 is 0 Å². The quantitative estimate of drug-likeness (QED) is 0.501. The molecule has 3 saturated carbocycles. The van der Waals surface area contributed by atoms with Crippen LogP contribution in [0.15, 0.2) is 0 Å². The lowest BCUT2D eigenvalue weighted by molar-refractivity contribution is -0.0765. The van der Waals surface area contributed by atoms with Crippen LogP contribution in [-0.4, -0.2) is 10.5 Å². The largest absolute Gasteiger partial charge is 0.153 e. The van der Waals surface area contributed by atoms with Crippen LogP contribution in [-0.2, 0) is 0 Å². The molecule has 3 unspecified atom stereocenters. The first kappa shape index (κ1) is 6.82. The molecule has 0 aromatic heterocycles. The molecule has 1 spiro atoms. The van der Waals surface area contributed by atoms with E-state index < -0.39 is 0 Å². The Hall–Kier alpha value is 0.350. The van der Waals surface area contributed by atoms with E-state index in [-0.39, 0.29) is 0 Å². The first-order chi connectivity index (χ1) is 5.15. The third kappa shape index (κ3) is 0.649. The first-order valence-electron chi connectivity index (χ1n) is 4.79. The Morgan fingerprint density at radius 3 is 2.45 bits per heavy atom. The molecule has 3 atom stereocenters. The molecular formula is C10H16S. The molecule has 0 aromatic carbocycles. The Kier molecular flexibility index (Phi) is 1.03. The second kappa shape index (κ2) is 1.66. The first-order valence-corrected chi connectivity index (χ1v) is 5.78. The summed E-state index contributed by atoms with van der Waals surface area (Å²) in [4.78, 5) is 0. The zero-order valence-electron chi connectivity index (χ0n) is 7.39. The fraction of sp³-hybridized carbons (Fsp3) is 1.00. The number of hydrogen-bond acceptors (Lipinski definition) is 1. The minimum atomic E-state index is 0.710. The minimum absolute atomic E-state index is 0.710. The molecule has 1 aliphatic heterocycles. The van der Waals surface area contributed by atoms with E-state index in [9.17, 15) is 0 Å². The van der Waals surface area contributed by atoms with Gasteiger partial charge in [0.1, 0.15) is 0 Å². The Balaban J connectivity index is 1.94. The third-order valence-electron chi connectivity index (χ3n) is 4.54. The van der Waals surface area contributed by atoms with Crippen molar-refractivity contribution in [2.45, 2.75) is 37.9 Å². The highest BCUT2D eigenvalue weighted by molar-refractivity contribution is 8.07. The molecule has 1 heteroatoms. The van der Waals surface area contributed by atoms with Crippen molar-refractivity contribution in [3.8, 4) is 0 Å². The predicted octanol–water partition coefficient (Wildman–Crippen LogP) is 2.93. The summed E-state index contributed by atoms with van der Waals surface area (Å²) in [6.07, 6.45) is 4.62. The molecule has 0 nitrogen and oxygen atoms in total. The fourth-order valence-electron chi connectivity index (χ4n) is 3.43. The van der Waals surface area contributed by atoms with Crippen molar-refractivity contribution in [2.75, 3.05) is 5.75 Å². The smallest absolute Gasteiger partial charge is 0.0284 e. The standard InChI is InChI=1S/C10H16S/c1-9(2)7-3-4-10(6-11-10)8(9)5-7/h7-8H,3-6H2,1-2H3. The van der Waals surface area contributed by atoms with E-state index in [4.69, 9.17) is 0 Å². The van der Waals surface area contributed by atoms with Crippen LogP contribution < -0.4 is 0 Å². The molecule has 0 N–H and O–H groups in total. The summed E-state index contributed by atoms with van der Waals surface area (Å²) >= 11 is 2.24. The summed E-state index contributed by atoms with van der Waals surface area (Å²) in [5, 5.41) is 0. The van der Waals surface area contributed by atoms with Gasteiger partial charge in [-0.2, -0.15) is 11.8 Å². The molecule has 4 rings (SSSR count). The van der Waals surface area contributed by atoms with Gasteiger partial charge < -0.3 is 0 Å². The lowest BCUT2D eigenvalue weighted by Gasteiger charge is -2.60. The highest BCUT2D eigenvalue weighted by Crippen LogP contribution is 2.72. The van der Waals surface area contributed by atoms with Gasteiger partial charge in [0.25, 0.3) is 0 Å². The van der Waals surface area contributed by atoms with E-state index in [0.717, 1.165) is 16.6 Å². The Bertz CT molecular complexity index is 199. The lowest BCUT2D eigenvalue weighted by Crippen LogP contribution is -2.55. The monoisotopic (exact) mass is 168 g/mol. The van der Waals surface area contributed by atoms with E-state index in [0.29, 0.717) is 5.41 Å². The summed E-state index contributed by atoms with van der Waals surface area (Å²) in [6.45, 7) is 4.98. The molecule has 3 aliphatic carbocycles. The van der Waals surface area contributed by atoms with Crippen LogP contribution in [0.1, 0.15) is 33.1 Å². The maximum atomic E-state index is 2.49. The van der Waals surface area contributed by atoms with Crippen molar-refractivity contribution >= 4 is 11.8 Å². The van der Waals surface area contributed by atoms with Crippen LogP contribution in [0.5, 0.6) is 0 Å². The van der Waals surface area contributed by atoms with Gasteiger partial charge in [0.15, 0.2) is 0 Å². The normalized spacial score (nSPS) is 57.3. The number of hydrogen-bond donors (Lipinski definition) is 0. The molecule has 0 amide bonds. The summed E-state index contributed by atoms with van der Waals surface area (Å²) < 4.78 is 0.804. The van der Waals surface area contributed by atoms with Gasteiger partial charge >= 0.3 is 0 Å². The van der Waals surface area contributed by atoms with Crippen molar-refractivity contribution < 1.29 is 0 Å². The Labute approximate surface area is 73.1 Å². The Morgan fingerprint density at radius 2 is 2.09 bits per heavy atom. The topological polar surface area (TPSA) is 0 Å². The van der Waals surface area contributed by atoms with E-state index in [1.54, 1.807) is 6.42 Å². The van der Waals surface area contributed by atoms with Gasteiger partial charge in [-0.05, 0) is 36.5 Å². The van der Waals surface area contributed by atoms with Gasteiger partial charge in [0.2, 0.25) is 0 Å². The van der Waals surface area contributed by atoms with Gasteiger partial charge in [0.05, 0.1) is 0 Å². The fourth-order valence-corrected chi connectivity index (χ4v) is 4.82. The maximum absolute atomic E-state index is 2.49. The van der Waals surface area contributed by atoms with Crippen LogP contribution in [0, 0.1) is 17.3 Å². The van der Waals surface area contributed by atoms with Gasteiger partial charge in [-0.15, -0.1) is 0 Å². The summed E-state index contributed by atoms with van der Waals surface area (Å²) in [6, 6.07) is 0. The molecule has 0 radical (unpaired) electrons. The molecule has 11 heavy (non-hydrogen) atoms. The van der Waals surface area contributed by atoms with Gasteiger partial charge in [-0.25, -0.2) is 0 Å². The van der Waals surface area contributed by atoms with Crippen LogP contribution in [0.4, 0.5) is 0 Å². The number of fused-ring (bicyclic) bond motifs is 1. The average molecular weight is 168 g/mol. The molecule has 2 bridgehead atoms. The highest BCUT2D eigenvalue weighted by atomic mass is 32.2. The van der Waals surface area contributed by atoms with E-state index in [1.165, 1.54) is 18.6 Å². The molecule has 4 fully saturated rings. The molecule has 1 heterocycles. The van der Waals surface area contributed by atoms with Crippen LogP contribution >= 0.6 is 11.8 Å². The van der Waals surface area contributed by atoms with Crippen molar-refractivity contribution in [1.82, 2.24) is 0 Å². The zero-order chi connectivity index (χ0) is 7.69. The number of rotatable bonds is 0. The predicted molar refractivity (Wildman–Crippen MR) is 49.8 cm³/mol. The number of thioether (sulfide) groups is 1. The van der Waals surface area contributed by atoms with Crippen molar-refractivity contribution in [1.29, 1.82) is 0 Å². The van der Waals surface area contributed by atoms with Crippen molar-refractivity contribution in [2.24, 2.45) is 17.3 Å². The minimum Gasteiger partial charge on any atom is -0.153 e. The molecular weight excluding hydrogens is 152 g/mol. The second-order valence-electron chi connectivity index (χ2n) is 5.20. The molecule has 4 aliphatic rings. The average Bonchev–Trinajstić information content (AvgIpc) is 2.69. The van der Waals surface area contributed by atoms with Gasteiger partial charge in [-0.3, -0.25) is 0 Å². The SMILES string of the molecule is CC1(C)C2CCC3(CS3)C1C2. The van der Waals surface area contributed by atoms with Crippen LogP contribution in [0.3, 0.4) is 0 Å². The lowest BCUT2D eigenvalue weighted by atomic mass is 9.46. The molecule has 0 aromatic rings. The third-order valence-corrected chi connectivity index (χ3v) is 6.06. The van der Waals surface area contributed by atoms with Crippen molar-refractivity contribution in [3.05, 3.63) is 0 Å². The molecule has 1 saturated heterocycles. The van der Waals surface area contributed by atoms with Gasteiger partial charge in [-0.1, -0.05) is 13.8 Å². The molecule has 62 valence electrons. The summed E-state index contributed by atoms with van der Waals surface area (Å²) in [5.41, 5.74) is 0.710. The summed E-state index contributed by atoms with van der Waals surface area (Å²) in [7, 11) is 0. The second-order valence-corrected chi connectivity index (χ2v) is 6.59. The summed E-state index contributed by atoms with van der Waals surface area (Å²) in [5.74, 6) is 3.64. The van der Waals surface area contributed by atoms with E-state index in [2.05, 4.69) is 25.6 Å². The highest BCUT2D eigenvalue weighted by Gasteiger charge is 2.66. The van der Waals surface area contributed by atoms with E-state index in [1.807, 2.05) is 0 Å². The maximum Gasteiger partial charge on any atom is 0.0284 e. The van der Waals surface area contributed by atoms with Gasteiger partial charge in [0, 0.05) is 10.5 Å². The van der Waals surface area contributed by atoms with Crippen LogP contribution in [0.2, 0.25) is 0 Å².